The second-order valence-electron chi connectivity index (χ2n) is 3.09. The second-order valence-corrected chi connectivity index (χ2v) is 3.09. The van der Waals surface area contributed by atoms with Crippen molar-refractivity contribution >= 4 is 5.91 Å². The summed E-state index contributed by atoms with van der Waals surface area (Å²) in [5, 5.41) is 9.23. The molecule has 3 heteroatoms. The number of primary amides is 1. The summed E-state index contributed by atoms with van der Waals surface area (Å²) in [5.74, 6) is -0.0199. The number of amides is 1. The fourth-order valence-electron chi connectivity index (χ4n) is 1.14. The van der Waals surface area contributed by atoms with Crippen LogP contribution in [0.1, 0.15) is 31.4 Å². The van der Waals surface area contributed by atoms with Crippen LogP contribution >= 0.6 is 0 Å². The molecule has 84 valence electrons. The summed E-state index contributed by atoms with van der Waals surface area (Å²) in [6, 6.07) is 5.29. The van der Waals surface area contributed by atoms with Crippen molar-refractivity contribution in [2.45, 2.75) is 33.6 Å². The molecule has 0 bridgehead atoms. The third-order valence-corrected chi connectivity index (χ3v) is 1.92. The molecule has 1 amide bonds. The van der Waals surface area contributed by atoms with E-state index in [1.165, 1.54) is 0 Å². The van der Waals surface area contributed by atoms with Gasteiger partial charge < -0.3 is 10.8 Å². The molecule has 0 fully saturated rings. The van der Waals surface area contributed by atoms with Crippen LogP contribution in [0.3, 0.4) is 0 Å². The van der Waals surface area contributed by atoms with Crippen molar-refractivity contribution in [2.24, 2.45) is 5.73 Å². The molecule has 1 rings (SSSR count). The fourth-order valence-corrected chi connectivity index (χ4v) is 1.14. The molecule has 0 saturated carbocycles. The van der Waals surface area contributed by atoms with Gasteiger partial charge in [-0.25, -0.2) is 0 Å². The fraction of sp³-hybridized carbons (Fsp3) is 0.417. The quantitative estimate of drug-likeness (QED) is 0.801. The van der Waals surface area contributed by atoms with Crippen molar-refractivity contribution in [1.29, 1.82) is 0 Å². The number of benzene rings is 1. The molecule has 1 aromatic rings. The highest BCUT2D eigenvalue weighted by molar-refractivity contribution is 5.74. The summed E-state index contributed by atoms with van der Waals surface area (Å²) >= 11 is 0. The Kier molecular flexibility index (Phi) is 6.18. The van der Waals surface area contributed by atoms with Gasteiger partial charge in [0.1, 0.15) is 5.75 Å². The third kappa shape index (κ3) is 5.05. The van der Waals surface area contributed by atoms with Crippen LogP contribution in [0, 0.1) is 6.92 Å². The van der Waals surface area contributed by atoms with E-state index in [9.17, 15) is 9.90 Å². The highest BCUT2D eigenvalue weighted by atomic mass is 16.3. The lowest BCUT2D eigenvalue weighted by molar-refractivity contribution is -0.117. The van der Waals surface area contributed by atoms with E-state index in [0.29, 0.717) is 12.8 Å². The maximum atomic E-state index is 10.5. The maximum Gasteiger partial charge on any atom is 0.217 e. The number of nitrogens with two attached hydrogens (primary N) is 1. The van der Waals surface area contributed by atoms with Crippen LogP contribution in [0.4, 0.5) is 0 Å². The number of aryl methyl sites for hydroxylation is 2. The Hall–Kier alpha value is -1.51. The highest BCUT2D eigenvalue weighted by Gasteiger charge is 2.00. The standard InChI is InChI=1S/C10H13NO2.C2H6/c1-7-6-8(2-4-9(7)12)3-5-10(11)13;1-2/h2,4,6,12H,3,5H2,1H3,(H2,11,13);1-2H3. The topological polar surface area (TPSA) is 63.3 Å². The molecule has 0 spiro atoms. The van der Waals surface area contributed by atoms with Crippen LogP contribution in [0.5, 0.6) is 5.75 Å². The number of phenols is 1. The molecule has 0 unspecified atom stereocenters. The van der Waals surface area contributed by atoms with Crippen molar-refractivity contribution in [3.05, 3.63) is 29.3 Å². The number of hydrogen-bond acceptors (Lipinski definition) is 2. The Morgan fingerprint density at radius 1 is 1.40 bits per heavy atom. The number of aromatic hydroxyl groups is 1. The minimum Gasteiger partial charge on any atom is -0.508 e. The summed E-state index contributed by atoms with van der Waals surface area (Å²) in [6.45, 7) is 5.82. The van der Waals surface area contributed by atoms with E-state index in [1.807, 2.05) is 26.8 Å². The normalized spacial score (nSPS) is 9.00. The molecule has 0 heterocycles. The first-order valence-corrected chi connectivity index (χ1v) is 5.16. The minimum atomic E-state index is -0.300. The van der Waals surface area contributed by atoms with Gasteiger partial charge in [0.25, 0.3) is 0 Å². The van der Waals surface area contributed by atoms with Crippen LogP contribution in [-0.2, 0) is 11.2 Å². The van der Waals surface area contributed by atoms with E-state index in [0.717, 1.165) is 11.1 Å². The Morgan fingerprint density at radius 2 is 2.00 bits per heavy atom. The lowest BCUT2D eigenvalue weighted by Gasteiger charge is -2.02. The number of phenolic OH excluding ortho intramolecular Hbond substituents is 1. The molecule has 15 heavy (non-hydrogen) atoms. The largest absolute Gasteiger partial charge is 0.508 e. The smallest absolute Gasteiger partial charge is 0.217 e. The van der Waals surface area contributed by atoms with Gasteiger partial charge in [0.2, 0.25) is 5.91 Å². The summed E-state index contributed by atoms with van der Waals surface area (Å²) in [5.41, 5.74) is 6.86. The second kappa shape index (κ2) is 6.87. The molecular formula is C12H19NO2. The van der Waals surface area contributed by atoms with Crippen LogP contribution in [0.15, 0.2) is 18.2 Å². The van der Waals surface area contributed by atoms with Gasteiger partial charge in [0, 0.05) is 6.42 Å². The highest BCUT2D eigenvalue weighted by Crippen LogP contribution is 2.17. The lowest BCUT2D eigenvalue weighted by Crippen LogP contribution is -2.11. The first-order valence-electron chi connectivity index (χ1n) is 5.16. The molecule has 0 aliphatic carbocycles. The van der Waals surface area contributed by atoms with Crippen molar-refractivity contribution in [3.63, 3.8) is 0 Å². The van der Waals surface area contributed by atoms with Gasteiger partial charge in [-0.15, -0.1) is 0 Å². The Balaban J connectivity index is 0.000000921. The van der Waals surface area contributed by atoms with Gasteiger partial charge in [-0.3, -0.25) is 4.79 Å². The first kappa shape index (κ1) is 13.5. The Morgan fingerprint density at radius 3 is 2.47 bits per heavy atom. The summed E-state index contributed by atoms with van der Waals surface area (Å²) < 4.78 is 0. The molecular weight excluding hydrogens is 190 g/mol. The number of carbonyl (C=O) groups excluding carboxylic acids is 1. The number of carbonyl (C=O) groups is 1. The van der Waals surface area contributed by atoms with Crippen LogP contribution in [0.25, 0.3) is 0 Å². The van der Waals surface area contributed by atoms with Crippen molar-refractivity contribution in [3.8, 4) is 5.75 Å². The Labute approximate surface area is 90.9 Å². The van der Waals surface area contributed by atoms with E-state index in [4.69, 9.17) is 5.73 Å². The molecule has 0 radical (unpaired) electrons. The van der Waals surface area contributed by atoms with E-state index < -0.39 is 0 Å². The van der Waals surface area contributed by atoms with Crippen LogP contribution in [-0.4, -0.2) is 11.0 Å². The Bertz CT molecular complexity index is 321. The average Bonchev–Trinajstić information content (AvgIpc) is 2.23. The van der Waals surface area contributed by atoms with E-state index >= 15 is 0 Å². The van der Waals surface area contributed by atoms with Crippen LogP contribution < -0.4 is 5.73 Å². The zero-order valence-electron chi connectivity index (χ0n) is 9.58. The number of hydrogen-bond donors (Lipinski definition) is 2. The van der Waals surface area contributed by atoms with Gasteiger partial charge >= 0.3 is 0 Å². The zero-order valence-corrected chi connectivity index (χ0v) is 9.58. The van der Waals surface area contributed by atoms with Gasteiger partial charge in [-0.2, -0.15) is 0 Å². The monoisotopic (exact) mass is 209 g/mol. The average molecular weight is 209 g/mol. The molecule has 3 nitrogen and oxygen atoms in total. The van der Waals surface area contributed by atoms with Gasteiger partial charge in [0.05, 0.1) is 0 Å². The minimum absolute atomic E-state index is 0.280. The van der Waals surface area contributed by atoms with E-state index in [1.54, 1.807) is 12.1 Å². The van der Waals surface area contributed by atoms with Crippen molar-refractivity contribution in [2.75, 3.05) is 0 Å². The third-order valence-electron chi connectivity index (χ3n) is 1.92. The summed E-state index contributed by atoms with van der Waals surface area (Å²) in [6.07, 6.45) is 0.987. The van der Waals surface area contributed by atoms with Gasteiger partial charge in [-0.05, 0) is 30.5 Å². The predicted octanol–water partition coefficient (Wildman–Crippen LogP) is 2.14. The summed E-state index contributed by atoms with van der Waals surface area (Å²) in [7, 11) is 0. The van der Waals surface area contributed by atoms with Gasteiger partial charge in [0.15, 0.2) is 0 Å². The van der Waals surface area contributed by atoms with E-state index in [2.05, 4.69) is 0 Å². The zero-order chi connectivity index (χ0) is 11.8. The predicted molar refractivity (Wildman–Crippen MR) is 61.7 cm³/mol. The summed E-state index contributed by atoms with van der Waals surface area (Å²) in [4.78, 5) is 10.5. The maximum absolute atomic E-state index is 10.5. The SMILES string of the molecule is CC.Cc1cc(CCC(N)=O)ccc1O. The van der Waals surface area contributed by atoms with E-state index in [-0.39, 0.29) is 11.7 Å². The van der Waals surface area contributed by atoms with Crippen LogP contribution in [0.2, 0.25) is 0 Å². The van der Waals surface area contributed by atoms with Crippen molar-refractivity contribution < 1.29 is 9.90 Å². The molecule has 0 atom stereocenters. The molecule has 0 aliphatic rings. The number of rotatable bonds is 3. The molecule has 1 aromatic carbocycles. The molecule has 0 saturated heterocycles. The molecule has 3 N–H and O–H groups in total. The first-order chi connectivity index (χ1) is 7.09. The lowest BCUT2D eigenvalue weighted by atomic mass is 10.1. The van der Waals surface area contributed by atoms with Crippen molar-refractivity contribution in [1.82, 2.24) is 0 Å². The molecule has 0 aromatic heterocycles. The molecule has 0 aliphatic heterocycles. The van der Waals surface area contributed by atoms with Gasteiger partial charge in [-0.1, -0.05) is 26.0 Å².